The Morgan fingerprint density at radius 1 is 1.32 bits per heavy atom. The summed E-state index contributed by atoms with van der Waals surface area (Å²) in [5.74, 6) is 3.81. The summed E-state index contributed by atoms with van der Waals surface area (Å²) < 4.78 is 10.7. The molecule has 0 fully saturated rings. The minimum atomic E-state index is -0.471. The van der Waals surface area contributed by atoms with Crippen LogP contribution in [0.5, 0.6) is 5.75 Å². The first-order valence-electron chi connectivity index (χ1n) is 6.89. The fourth-order valence-corrected chi connectivity index (χ4v) is 1.97. The van der Waals surface area contributed by atoms with Crippen molar-refractivity contribution in [1.29, 1.82) is 0 Å². The zero-order valence-electron chi connectivity index (χ0n) is 12.9. The number of alkyl carbamates (subject to hydrolysis) is 1. The third-order valence-corrected chi connectivity index (χ3v) is 3.19. The highest BCUT2D eigenvalue weighted by molar-refractivity contribution is 14.2. The van der Waals surface area contributed by atoms with Crippen molar-refractivity contribution in [2.75, 3.05) is 13.2 Å². The molecule has 1 amide bonds. The molecule has 0 bridgehead atoms. The first kappa shape index (κ1) is 19.0. The fraction of sp³-hybridized carbons (Fsp3) is 0.438. The Morgan fingerprint density at radius 3 is 2.59 bits per heavy atom. The SMILES string of the molecule is CC(C)(C)OC(=O)NCCCOc1ccc(C#CSI)cc1. The Hall–Kier alpha value is -1.07. The molecule has 22 heavy (non-hydrogen) atoms. The van der Waals surface area contributed by atoms with E-state index in [4.69, 9.17) is 9.47 Å². The summed E-state index contributed by atoms with van der Waals surface area (Å²) in [6.45, 7) is 6.56. The third kappa shape index (κ3) is 9.05. The molecule has 0 aliphatic carbocycles. The van der Waals surface area contributed by atoms with Gasteiger partial charge in [-0.1, -0.05) is 5.92 Å². The number of hydrogen-bond donors (Lipinski definition) is 1. The Balaban J connectivity index is 2.21. The van der Waals surface area contributed by atoms with E-state index >= 15 is 0 Å². The van der Waals surface area contributed by atoms with Gasteiger partial charge in [0, 0.05) is 33.3 Å². The summed E-state index contributed by atoms with van der Waals surface area (Å²) in [7, 11) is 1.46. The summed E-state index contributed by atoms with van der Waals surface area (Å²) in [5.41, 5.74) is 0.490. The number of rotatable bonds is 5. The summed E-state index contributed by atoms with van der Waals surface area (Å²) >= 11 is 2.14. The van der Waals surface area contributed by atoms with Gasteiger partial charge in [-0.15, -0.1) is 0 Å². The molecule has 0 aromatic heterocycles. The van der Waals surface area contributed by atoms with Crippen molar-refractivity contribution in [3.63, 3.8) is 0 Å². The second-order valence-corrected chi connectivity index (χ2v) is 7.14. The van der Waals surface area contributed by atoms with Crippen LogP contribution in [0.2, 0.25) is 0 Å². The van der Waals surface area contributed by atoms with Gasteiger partial charge in [0.1, 0.15) is 11.4 Å². The van der Waals surface area contributed by atoms with Crippen LogP contribution >= 0.6 is 30.1 Å². The summed E-state index contributed by atoms with van der Waals surface area (Å²) in [6, 6.07) is 7.63. The maximum atomic E-state index is 11.4. The molecule has 120 valence electrons. The summed E-state index contributed by atoms with van der Waals surface area (Å²) in [5, 5.41) is 5.63. The second kappa shape index (κ2) is 9.85. The van der Waals surface area contributed by atoms with Gasteiger partial charge in [-0.2, -0.15) is 0 Å². The van der Waals surface area contributed by atoms with E-state index in [0.29, 0.717) is 19.6 Å². The molecule has 0 saturated heterocycles. The molecular formula is C16H20INO3S. The molecule has 1 rings (SSSR count). The molecule has 0 heterocycles. The molecule has 0 aliphatic heterocycles. The van der Waals surface area contributed by atoms with E-state index < -0.39 is 11.7 Å². The number of carbonyl (C=O) groups is 1. The molecule has 6 heteroatoms. The van der Waals surface area contributed by atoms with Crippen LogP contribution in [0.15, 0.2) is 24.3 Å². The van der Waals surface area contributed by atoms with Gasteiger partial charge in [-0.3, -0.25) is 0 Å². The summed E-state index contributed by atoms with van der Waals surface area (Å²) in [4.78, 5) is 11.4. The topological polar surface area (TPSA) is 47.6 Å². The van der Waals surface area contributed by atoms with E-state index in [0.717, 1.165) is 11.3 Å². The van der Waals surface area contributed by atoms with Crippen LogP contribution in [0.25, 0.3) is 0 Å². The molecule has 0 unspecified atom stereocenters. The lowest BCUT2D eigenvalue weighted by Gasteiger charge is -2.19. The van der Waals surface area contributed by atoms with Gasteiger partial charge in [-0.05, 0) is 65.6 Å². The van der Waals surface area contributed by atoms with Crippen molar-refractivity contribution in [1.82, 2.24) is 5.32 Å². The Labute approximate surface area is 148 Å². The molecule has 0 saturated carbocycles. The summed E-state index contributed by atoms with van der Waals surface area (Å²) in [6.07, 6.45) is 0.315. The van der Waals surface area contributed by atoms with Gasteiger partial charge < -0.3 is 14.8 Å². The Morgan fingerprint density at radius 2 is 2.00 bits per heavy atom. The van der Waals surface area contributed by atoms with Crippen LogP contribution in [0.3, 0.4) is 0 Å². The van der Waals surface area contributed by atoms with E-state index in [1.165, 1.54) is 8.93 Å². The van der Waals surface area contributed by atoms with Crippen LogP contribution in [-0.2, 0) is 4.74 Å². The van der Waals surface area contributed by atoms with Crippen LogP contribution in [0.4, 0.5) is 4.79 Å². The van der Waals surface area contributed by atoms with Crippen LogP contribution in [0, 0.1) is 11.2 Å². The van der Waals surface area contributed by atoms with Crippen molar-refractivity contribution in [2.24, 2.45) is 0 Å². The minimum absolute atomic E-state index is 0.399. The van der Waals surface area contributed by atoms with Gasteiger partial charge in [0.05, 0.1) is 6.61 Å². The highest BCUT2D eigenvalue weighted by atomic mass is 127. The standard InChI is InChI=1S/C16H20INO3S/c1-16(2,3)21-15(19)18-10-4-11-20-14-7-5-13(6-8-14)9-12-22-17/h5-8H,4,10-11H2,1-3H3,(H,18,19). The maximum absolute atomic E-state index is 11.4. The van der Waals surface area contributed by atoms with Gasteiger partial charge in [0.25, 0.3) is 0 Å². The third-order valence-electron chi connectivity index (χ3n) is 2.35. The number of benzene rings is 1. The van der Waals surface area contributed by atoms with E-state index in [-0.39, 0.29) is 0 Å². The molecule has 4 nitrogen and oxygen atoms in total. The molecule has 1 aromatic rings. The monoisotopic (exact) mass is 433 g/mol. The van der Waals surface area contributed by atoms with E-state index in [9.17, 15) is 4.79 Å². The first-order chi connectivity index (χ1) is 10.4. The number of carbonyl (C=O) groups excluding carboxylic acids is 1. The highest BCUT2D eigenvalue weighted by Gasteiger charge is 2.15. The second-order valence-electron chi connectivity index (χ2n) is 5.46. The number of ether oxygens (including phenoxy) is 2. The van der Waals surface area contributed by atoms with Crippen molar-refractivity contribution < 1.29 is 14.3 Å². The predicted octanol–water partition coefficient (Wildman–Crippen LogP) is 4.37. The average Bonchev–Trinajstić information content (AvgIpc) is 2.44. The molecule has 0 atom stereocenters. The Kier molecular flexibility index (Phi) is 8.49. The predicted molar refractivity (Wildman–Crippen MR) is 99.3 cm³/mol. The zero-order chi connectivity index (χ0) is 16.4. The van der Waals surface area contributed by atoms with E-state index in [2.05, 4.69) is 37.7 Å². The van der Waals surface area contributed by atoms with Crippen LogP contribution < -0.4 is 10.1 Å². The van der Waals surface area contributed by atoms with Gasteiger partial charge in [0.15, 0.2) is 0 Å². The lowest BCUT2D eigenvalue weighted by molar-refractivity contribution is 0.0525. The van der Waals surface area contributed by atoms with Crippen molar-refractivity contribution in [2.45, 2.75) is 32.8 Å². The van der Waals surface area contributed by atoms with Crippen LogP contribution in [-0.4, -0.2) is 24.8 Å². The number of nitrogens with one attached hydrogen (secondary N) is 1. The number of halogens is 1. The lowest BCUT2D eigenvalue weighted by Crippen LogP contribution is -2.33. The van der Waals surface area contributed by atoms with E-state index in [1.807, 2.05) is 45.0 Å². The van der Waals surface area contributed by atoms with Gasteiger partial charge in [-0.25, -0.2) is 4.79 Å². The van der Waals surface area contributed by atoms with E-state index in [1.54, 1.807) is 0 Å². The lowest BCUT2D eigenvalue weighted by atomic mass is 10.2. The van der Waals surface area contributed by atoms with Crippen molar-refractivity contribution in [3.8, 4) is 16.9 Å². The largest absolute Gasteiger partial charge is 0.494 e. The smallest absolute Gasteiger partial charge is 0.407 e. The number of hydrogen-bond acceptors (Lipinski definition) is 4. The van der Waals surface area contributed by atoms with Gasteiger partial charge >= 0.3 is 6.09 Å². The minimum Gasteiger partial charge on any atom is -0.494 e. The molecule has 0 aliphatic rings. The zero-order valence-corrected chi connectivity index (χ0v) is 15.9. The maximum Gasteiger partial charge on any atom is 0.407 e. The normalized spacial score (nSPS) is 10.4. The highest BCUT2D eigenvalue weighted by Crippen LogP contribution is 2.13. The number of amides is 1. The first-order valence-corrected chi connectivity index (χ1v) is 10.2. The van der Waals surface area contributed by atoms with Crippen molar-refractivity contribution >= 4 is 36.2 Å². The molecule has 0 radical (unpaired) electrons. The fourth-order valence-electron chi connectivity index (χ4n) is 1.48. The molecule has 1 aromatic carbocycles. The average molecular weight is 433 g/mol. The Bertz CT molecular complexity index is 529. The quantitative estimate of drug-likeness (QED) is 0.426. The van der Waals surface area contributed by atoms with Crippen molar-refractivity contribution in [3.05, 3.63) is 29.8 Å². The van der Waals surface area contributed by atoms with Crippen LogP contribution in [0.1, 0.15) is 32.8 Å². The molecular weight excluding hydrogens is 413 g/mol. The molecule has 1 N–H and O–H groups in total. The van der Waals surface area contributed by atoms with Gasteiger partial charge in [0.2, 0.25) is 0 Å². The molecule has 0 spiro atoms.